The molecule has 0 radical (unpaired) electrons. The minimum Gasteiger partial charge on any atom is -0.504 e. The van der Waals surface area contributed by atoms with Gasteiger partial charge in [0.25, 0.3) is 5.91 Å². The third-order valence-electron chi connectivity index (χ3n) is 5.46. The van der Waals surface area contributed by atoms with E-state index in [9.17, 15) is 14.7 Å². The van der Waals surface area contributed by atoms with Crippen LogP contribution in [0.25, 0.3) is 0 Å². The molecule has 0 aliphatic carbocycles. The number of nitrogens with two attached hydrogens (primary N) is 1. The van der Waals surface area contributed by atoms with Crippen LogP contribution in [0.15, 0.2) is 24.3 Å². The van der Waals surface area contributed by atoms with Gasteiger partial charge in [-0.25, -0.2) is 0 Å². The Kier molecular flexibility index (Phi) is 7.79. The Bertz CT molecular complexity index is 1110. The lowest BCUT2D eigenvalue weighted by atomic mass is 9.84. The Morgan fingerprint density at radius 2 is 1.85 bits per heavy atom. The predicted octanol–water partition coefficient (Wildman–Crippen LogP) is 3.80. The highest BCUT2D eigenvalue weighted by molar-refractivity contribution is 8.93. The van der Waals surface area contributed by atoms with Crippen molar-refractivity contribution < 1.29 is 24.2 Å². The van der Waals surface area contributed by atoms with Crippen LogP contribution in [0, 0.1) is 5.41 Å². The average Bonchev–Trinajstić information content (AvgIpc) is 3.01. The first-order valence-corrected chi connectivity index (χ1v) is 10.4. The standard InChI is InChI=1S/C24H29N3O5.BrH/c1-6-32-19-9-14-11-27(22(25)15(14)10-16(19)23(26)30)12-18(28)13-7-17(24(2,3)4)21(29)20(8-13)31-5;/h7-10,25,29H,6,11-12H2,1-5H3,(H2,26,30);1H. The van der Waals surface area contributed by atoms with Crippen molar-refractivity contribution in [1.82, 2.24) is 4.90 Å². The molecule has 33 heavy (non-hydrogen) atoms. The van der Waals surface area contributed by atoms with Crippen molar-refractivity contribution in [3.05, 3.63) is 52.1 Å². The highest BCUT2D eigenvalue weighted by atomic mass is 79.9. The van der Waals surface area contributed by atoms with E-state index in [1.165, 1.54) is 13.2 Å². The first kappa shape index (κ1) is 26.2. The van der Waals surface area contributed by atoms with Gasteiger partial charge in [0.05, 0.1) is 25.8 Å². The molecule has 3 rings (SSSR count). The zero-order valence-corrected chi connectivity index (χ0v) is 21.2. The molecule has 9 heteroatoms. The number of rotatable bonds is 7. The highest BCUT2D eigenvalue weighted by Crippen LogP contribution is 2.39. The summed E-state index contributed by atoms with van der Waals surface area (Å²) in [5, 5.41) is 19.0. The van der Waals surface area contributed by atoms with E-state index in [4.69, 9.17) is 20.6 Å². The lowest BCUT2D eigenvalue weighted by Crippen LogP contribution is -2.30. The van der Waals surface area contributed by atoms with Gasteiger partial charge >= 0.3 is 0 Å². The van der Waals surface area contributed by atoms with Crippen molar-refractivity contribution in [2.75, 3.05) is 20.3 Å². The zero-order chi connectivity index (χ0) is 23.8. The first-order chi connectivity index (χ1) is 15.0. The number of carbonyl (C=O) groups is 2. The number of hydrogen-bond acceptors (Lipinski definition) is 6. The van der Waals surface area contributed by atoms with E-state index in [1.54, 1.807) is 23.1 Å². The molecule has 0 aromatic heterocycles. The van der Waals surface area contributed by atoms with Crippen LogP contribution < -0.4 is 15.2 Å². The van der Waals surface area contributed by atoms with E-state index in [2.05, 4.69) is 0 Å². The molecular weight excluding hydrogens is 490 g/mol. The molecule has 1 amide bonds. The summed E-state index contributed by atoms with van der Waals surface area (Å²) in [4.78, 5) is 26.6. The van der Waals surface area contributed by atoms with Crippen molar-refractivity contribution in [3.8, 4) is 17.2 Å². The van der Waals surface area contributed by atoms with Crippen LogP contribution in [-0.2, 0) is 12.0 Å². The van der Waals surface area contributed by atoms with Gasteiger partial charge < -0.3 is 25.2 Å². The molecule has 0 saturated carbocycles. The van der Waals surface area contributed by atoms with E-state index in [0.29, 0.717) is 35.6 Å². The van der Waals surface area contributed by atoms with Crippen LogP contribution in [-0.4, -0.2) is 47.8 Å². The lowest BCUT2D eigenvalue weighted by Gasteiger charge is -2.23. The molecule has 2 aromatic carbocycles. The van der Waals surface area contributed by atoms with E-state index < -0.39 is 11.3 Å². The fourth-order valence-electron chi connectivity index (χ4n) is 3.79. The topological polar surface area (TPSA) is 126 Å². The molecule has 178 valence electrons. The lowest BCUT2D eigenvalue weighted by molar-refractivity contribution is 0.0960. The summed E-state index contributed by atoms with van der Waals surface area (Å²) in [7, 11) is 1.44. The Labute approximate surface area is 204 Å². The molecule has 1 aliphatic rings. The number of methoxy groups -OCH3 is 1. The number of halogens is 1. The Morgan fingerprint density at radius 1 is 1.18 bits per heavy atom. The second-order valence-electron chi connectivity index (χ2n) is 8.76. The number of benzene rings is 2. The fourth-order valence-corrected chi connectivity index (χ4v) is 3.79. The molecule has 0 atom stereocenters. The van der Waals surface area contributed by atoms with Crippen LogP contribution in [0.3, 0.4) is 0 Å². The number of fused-ring (bicyclic) bond motifs is 1. The van der Waals surface area contributed by atoms with Gasteiger partial charge in [-0.1, -0.05) is 20.8 Å². The summed E-state index contributed by atoms with van der Waals surface area (Å²) in [6.45, 7) is 8.29. The maximum absolute atomic E-state index is 13.1. The minimum absolute atomic E-state index is 0. The van der Waals surface area contributed by atoms with Crippen molar-refractivity contribution >= 4 is 34.5 Å². The van der Waals surface area contributed by atoms with Crippen LogP contribution in [0.1, 0.15) is 65.1 Å². The van der Waals surface area contributed by atoms with Crippen LogP contribution >= 0.6 is 17.0 Å². The normalized spacial score (nSPS) is 12.8. The second kappa shape index (κ2) is 9.82. The maximum atomic E-state index is 13.1. The molecule has 1 heterocycles. The SMILES string of the molecule is Br.CCOc1cc2c(cc1C(N)=O)C(=N)N(CC(=O)c1cc(OC)c(O)c(C(C)(C)C)c1)C2. The van der Waals surface area contributed by atoms with Gasteiger partial charge in [0.15, 0.2) is 17.3 Å². The number of phenols is 1. The quantitative estimate of drug-likeness (QED) is 0.477. The number of carbonyl (C=O) groups excluding carboxylic acids is 2. The van der Waals surface area contributed by atoms with Crippen molar-refractivity contribution in [2.45, 2.75) is 39.7 Å². The first-order valence-electron chi connectivity index (χ1n) is 10.4. The van der Waals surface area contributed by atoms with E-state index in [0.717, 1.165) is 5.56 Å². The summed E-state index contributed by atoms with van der Waals surface area (Å²) in [6, 6.07) is 6.44. The molecule has 8 nitrogen and oxygen atoms in total. The Balaban J connectivity index is 0.00000385. The predicted molar refractivity (Wildman–Crippen MR) is 131 cm³/mol. The van der Waals surface area contributed by atoms with Gasteiger partial charge in [0, 0.05) is 23.2 Å². The van der Waals surface area contributed by atoms with Crippen molar-refractivity contribution in [3.63, 3.8) is 0 Å². The van der Waals surface area contributed by atoms with Crippen molar-refractivity contribution in [2.24, 2.45) is 5.73 Å². The smallest absolute Gasteiger partial charge is 0.252 e. The van der Waals surface area contributed by atoms with E-state index in [-0.39, 0.29) is 52.2 Å². The van der Waals surface area contributed by atoms with Crippen LogP contribution in [0.4, 0.5) is 0 Å². The monoisotopic (exact) mass is 519 g/mol. The summed E-state index contributed by atoms with van der Waals surface area (Å²) in [5.41, 5.74) is 7.62. The Hall–Kier alpha value is -3.07. The number of hydrogen-bond donors (Lipinski definition) is 3. The van der Waals surface area contributed by atoms with Gasteiger partial charge in [0.2, 0.25) is 0 Å². The summed E-state index contributed by atoms with van der Waals surface area (Å²) in [5.74, 6) is -0.0946. The molecule has 0 saturated heterocycles. The van der Waals surface area contributed by atoms with E-state index >= 15 is 0 Å². The van der Waals surface area contributed by atoms with Gasteiger partial charge in [-0.15, -0.1) is 17.0 Å². The van der Waals surface area contributed by atoms with Gasteiger partial charge in [-0.05, 0) is 42.2 Å². The van der Waals surface area contributed by atoms with Crippen LogP contribution in [0.5, 0.6) is 17.2 Å². The number of amides is 1. The minimum atomic E-state index is -0.635. The fraction of sp³-hybridized carbons (Fsp3) is 0.375. The number of ketones is 1. The van der Waals surface area contributed by atoms with Gasteiger partial charge in [-0.2, -0.15) is 0 Å². The molecule has 4 N–H and O–H groups in total. The number of amidine groups is 1. The third kappa shape index (κ3) is 5.13. The number of primary amides is 1. The number of nitrogens with one attached hydrogen (secondary N) is 1. The number of ether oxygens (including phenoxy) is 2. The van der Waals surface area contributed by atoms with Gasteiger partial charge in [-0.3, -0.25) is 15.0 Å². The van der Waals surface area contributed by atoms with E-state index in [1.807, 2.05) is 27.7 Å². The molecule has 0 unspecified atom stereocenters. The molecule has 0 bridgehead atoms. The zero-order valence-electron chi connectivity index (χ0n) is 19.4. The molecular formula is C24H30BrN3O5. The summed E-state index contributed by atoms with van der Waals surface area (Å²) >= 11 is 0. The van der Waals surface area contributed by atoms with Gasteiger partial charge in [0.1, 0.15) is 11.6 Å². The van der Waals surface area contributed by atoms with Crippen LogP contribution in [0.2, 0.25) is 0 Å². The number of phenolic OH excluding ortho intramolecular Hbond substituents is 1. The average molecular weight is 520 g/mol. The summed E-state index contributed by atoms with van der Waals surface area (Å²) in [6.07, 6.45) is 0. The molecule has 1 aliphatic heterocycles. The maximum Gasteiger partial charge on any atom is 0.252 e. The Morgan fingerprint density at radius 3 is 2.39 bits per heavy atom. The number of aromatic hydroxyl groups is 1. The number of nitrogens with zero attached hydrogens (tertiary/aromatic N) is 1. The number of Topliss-reactive ketones (excluding diaryl/α,β-unsaturated/α-hetero) is 1. The largest absolute Gasteiger partial charge is 0.504 e. The van der Waals surface area contributed by atoms with Crippen molar-refractivity contribution in [1.29, 1.82) is 5.41 Å². The highest BCUT2D eigenvalue weighted by Gasteiger charge is 2.30. The molecule has 2 aromatic rings. The molecule has 0 fully saturated rings. The molecule has 0 spiro atoms. The summed E-state index contributed by atoms with van der Waals surface area (Å²) < 4.78 is 10.8. The second-order valence-corrected chi connectivity index (χ2v) is 8.76. The third-order valence-corrected chi connectivity index (χ3v) is 5.46.